The Kier molecular flexibility index (Phi) is 11.6. The lowest BCUT2D eigenvalue weighted by molar-refractivity contribution is -0.262. The van der Waals surface area contributed by atoms with Gasteiger partial charge < -0.3 is 25.2 Å². The van der Waals surface area contributed by atoms with E-state index in [1.165, 1.54) is 10.1 Å². The van der Waals surface area contributed by atoms with Crippen LogP contribution in [0.2, 0.25) is 0 Å². The highest BCUT2D eigenvalue weighted by atomic mass is 33.1. The fourth-order valence-electron chi connectivity index (χ4n) is 6.22. The maximum Gasteiger partial charge on any atom is 0.407 e. The van der Waals surface area contributed by atoms with Crippen molar-refractivity contribution in [2.75, 3.05) is 32.5 Å². The molecule has 3 N–H and O–H groups in total. The monoisotopic (exact) mass is 608 g/mol. The maximum absolute atomic E-state index is 12.7. The van der Waals surface area contributed by atoms with Gasteiger partial charge in [0.2, 0.25) is 8.87 Å². The van der Waals surface area contributed by atoms with E-state index in [0.29, 0.717) is 30.2 Å². The minimum atomic E-state index is -3.42. The van der Waals surface area contributed by atoms with E-state index in [0.717, 1.165) is 18.2 Å². The Bertz CT molecular complexity index is 951. The van der Waals surface area contributed by atoms with Crippen LogP contribution in [0.4, 0.5) is 4.79 Å². The molecule has 2 heterocycles. The van der Waals surface area contributed by atoms with Crippen molar-refractivity contribution in [3.63, 3.8) is 0 Å². The van der Waals surface area contributed by atoms with Crippen molar-refractivity contribution in [2.45, 2.75) is 121 Å². The van der Waals surface area contributed by atoms with Gasteiger partial charge in [-0.1, -0.05) is 6.58 Å². The van der Waals surface area contributed by atoms with Crippen LogP contribution < -0.4 is 5.32 Å². The molecule has 0 bridgehead atoms. The molecule has 1 atom stereocenters. The second kappa shape index (κ2) is 13.2. The molecule has 1 unspecified atom stereocenters. The summed E-state index contributed by atoms with van der Waals surface area (Å²) in [6, 6.07) is 0.138. The number of carbonyl (C=O) groups excluding carboxylic acids is 1. The number of alkyl carbamates (subject to hydrolysis) is 1. The molecule has 1 amide bonds. The average molecular weight is 609 g/mol. The van der Waals surface area contributed by atoms with Gasteiger partial charge in [0.15, 0.2) is 0 Å². The summed E-state index contributed by atoms with van der Waals surface area (Å²) in [5, 5.41) is 27.7. The molecular weight excluding hydrogens is 556 g/mol. The molecule has 0 aliphatic carbocycles. The van der Waals surface area contributed by atoms with E-state index in [2.05, 4.69) is 16.8 Å². The van der Waals surface area contributed by atoms with Crippen molar-refractivity contribution in [1.29, 1.82) is 0 Å². The van der Waals surface area contributed by atoms with E-state index in [1.54, 1.807) is 0 Å². The van der Waals surface area contributed by atoms with Crippen LogP contribution in [0.3, 0.4) is 0 Å². The van der Waals surface area contributed by atoms with Crippen molar-refractivity contribution < 1.29 is 33.1 Å². The lowest BCUT2D eigenvalue weighted by atomic mass is 9.78. The first-order valence-corrected chi connectivity index (χ1v) is 16.9. The van der Waals surface area contributed by atoms with Gasteiger partial charge >= 0.3 is 6.09 Å². The summed E-state index contributed by atoms with van der Waals surface area (Å²) in [4.78, 5) is 14.9. The molecule has 13 heteroatoms. The van der Waals surface area contributed by atoms with E-state index in [4.69, 9.17) is 9.47 Å². The summed E-state index contributed by atoms with van der Waals surface area (Å²) in [5.41, 5.74) is -1.81. The van der Waals surface area contributed by atoms with E-state index in [9.17, 15) is 23.6 Å². The first kappa shape index (κ1) is 35.3. The molecule has 0 spiro atoms. The number of piperidine rings is 2. The summed E-state index contributed by atoms with van der Waals surface area (Å²) in [6.45, 7) is 19.9. The minimum absolute atomic E-state index is 0.120. The van der Waals surface area contributed by atoms with E-state index in [1.807, 2.05) is 62.4 Å². The number of nitrogens with zero attached hydrogens (tertiary/aromatic N) is 3. The molecule has 2 fully saturated rings. The van der Waals surface area contributed by atoms with Gasteiger partial charge in [-0.25, -0.2) is 13.2 Å². The van der Waals surface area contributed by atoms with Gasteiger partial charge in [0.05, 0.1) is 12.7 Å². The molecule has 40 heavy (non-hydrogen) atoms. The van der Waals surface area contributed by atoms with Gasteiger partial charge in [-0.15, -0.1) is 0 Å². The van der Waals surface area contributed by atoms with Crippen LogP contribution in [-0.2, 0) is 18.3 Å². The molecule has 2 rings (SSSR count). The van der Waals surface area contributed by atoms with Crippen LogP contribution in [-0.4, -0.2) is 113 Å². The zero-order chi connectivity index (χ0) is 30.7. The number of hydrogen-bond donors (Lipinski definition) is 3. The topological polar surface area (TPSA) is 132 Å². The van der Waals surface area contributed by atoms with Crippen LogP contribution in [0.5, 0.6) is 0 Å². The lowest BCUT2D eigenvalue weighted by Crippen LogP contribution is -2.63. The molecule has 2 aliphatic rings. The van der Waals surface area contributed by atoms with Crippen molar-refractivity contribution in [1.82, 2.24) is 20.3 Å². The second-order valence-corrected chi connectivity index (χ2v) is 17.7. The normalized spacial score (nSPS) is 24.5. The zero-order valence-corrected chi connectivity index (χ0v) is 27.4. The van der Waals surface area contributed by atoms with Crippen molar-refractivity contribution in [3.05, 3.63) is 12.0 Å². The Morgan fingerprint density at radius 1 is 1.02 bits per heavy atom. The predicted octanol–water partition coefficient (Wildman–Crippen LogP) is 4.06. The number of ether oxygens (including phenoxy) is 2. The fourth-order valence-corrected chi connectivity index (χ4v) is 7.97. The van der Waals surface area contributed by atoms with Crippen LogP contribution in [0.15, 0.2) is 12.0 Å². The summed E-state index contributed by atoms with van der Waals surface area (Å²) in [5.74, 6) is 0.165. The smallest absolute Gasteiger partial charge is 0.407 e. The molecule has 0 aromatic heterocycles. The van der Waals surface area contributed by atoms with Crippen molar-refractivity contribution >= 4 is 25.8 Å². The highest BCUT2D eigenvalue weighted by Gasteiger charge is 2.47. The quantitative estimate of drug-likeness (QED) is 0.219. The van der Waals surface area contributed by atoms with Gasteiger partial charge in [0, 0.05) is 52.4 Å². The summed E-state index contributed by atoms with van der Waals surface area (Å²) < 4.78 is 35.3. The van der Waals surface area contributed by atoms with E-state index < -0.39 is 43.2 Å². The third kappa shape index (κ3) is 9.55. The van der Waals surface area contributed by atoms with Gasteiger partial charge in [0.1, 0.15) is 6.10 Å². The Labute approximate surface area is 244 Å². The number of rotatable bonds is 12. The number of nitrogens with one attached hydrogen (secondary N) is 1. The van der Waals surface area contributed by atoms with Crippen LogP contribution in [0, 0.1) is 0 Å². The summed E-state index contributed by atoms with van der Waals surface area (Å²) >= 11 is 0. The van der Waals surface area contributed by atoms with Gasteiger partial charge in [-0.3, -0.25) is 4.90 Å². The Morgan fingerprint density at radius 2 is 1.50 bits per heavy atom. The highest BCUT2D eigenvalue weighted by molar-refractivity contribution is 8.73. The van der Waals surface area contributed by atoms with Crippen molar-refractivity contribution in [3.8, 4) is 0 Å². The van der Waals surface area contributed by atoms with Crippen LogP contribution in [0.25, 0.3) is 0 Å². The number of amides is 1. The van der Waals surface area contributed by atoms with E-state index in [-0.39, 0.29) is 31.1 Å². The van der Waals surface area contributed by atoms with Crippen LogP contribution in [0.1, 0.15) is 81.1 Å². The van der Waals surface area contributed by atoms with Gasteiger partial charge in [0.25, 0.3) is 0 Å². The van der Waals surface area contributed by atoms with Gasteiger partial charge in [-0.2, -0.15) is 10.1 Å². The largest absolute Gasteiger partial charge is 0.442 e. The highest BCUT2D eigenvalue weighted by Crippen LogP contribution is 2.39. The fraction of sp³-hybridized carbons (Fsp3) is 0.889. The molecule has 0 aromatic carbocycles. The van der Waals surface area contributed by atoms with Crippen LogP contribution >= 0.6 is 10.8 Å². The minimum Gasteiger partial charge on any atom is -0.442 e. The van der Waals surface area contributed by atoms with Crippen molar-refractivity contribution in [2.24, 2.45) is 0 Å². The molecule has 0 saturated carbocycles. The first-order chi connectivity index (χ1) is 18.1. The third-order valence-corrected chi connectivity index (χ3v) is 10.9. The Morgan fingerprint density at radius 3 is 1.98 bits per heavy atom. The molecule has 2 saturated heterocycles. The molecular formula is C27H52N4O7S2. The Balaban J connectivity index is 2.09. The summed E-state index contributed by atoms with van der Waals surface area (Å²) in [6.07, 6.45) is 1.33. The zero-order valence-electron chi connectivity index (χ0n) is 25.8. The molecule has 0 aromatic rings. The van der Waals surface area contributed by atoms with Gasteiger partial charge in [-0.05, 0) is 98.9 Å². The maximum atomic E-state index is 12.7. The number of hydrogen-bond acceptors (Lipinski definition) is 11. The predicted molar refractivity (Wildman–Crippen MR) is 158 cm³/mol. The third-order valence-electron chi connectivity index (χ3n) is 7.95. The second-order valence-electron chi connectivity index (χ2n) is 13.7. The first-order valence-electron chi connectivity index (χ1n) is 13.9. The number of likely N-dealkylation sites (N-methyl/N-ethyl adjacent to an activating group) is 1. The molecule has 2 aliphatic heterocycles. The number of hydroxylamine groups is 4. The average Bonchev–Trinajstić information content (AvgIpc) is 2.81. The summed E-state index contributed by atoms with van der Waals surface area (Å²) in [7, 11) is -0.726. The molecule has 11 nitrogen and oxygen atoms in total. The number of carbonyl (C=O) groups is 1. The van der Waals surface area contributed by atoms with E-state index >= 15 is 0 Å². The lowest BCUT2D eigenvalue weighted by Gasteiger charge is -2.53. The SMILES string of the molecule is C=CS(=O)(=O)SCCNC(=O)OC(COC1CC(C)(C)N(O)C(C)(C)C1)CN(C)C1CC(C)(C)N(O)C(C)(C)C1. The molecule has 234 valence electrons. The standard InChI is InChI=1S/C27H52N4O7S2/c1-11-40(35,36)39-13-12-28-23(32)38-22(19-37-21-16-26(6,7)31(34)27(8,9)17-21)18-29(10)20-14-24(2,3)30(33)25(4,5)15-20/h11,20-22,33-34H,1,12-19H2,2-10H3,(H,28,32). The molecule has 0 radical (unpaired) electrons. The Hall–Kier alpha value is -0.930.